The summed E-state index contributed by atoms with van der Waals surface area (Å²) in [5.41, 5.74) is 1.95. The number of ether oxygens (including phenoxy) is 2. The molecule has 0 radical (unpaired) electrons. The van der Waals surface area contributed by atoms with E-state index in [1.54, 1.807) is 25.3 Å². The minimum atomic E-state index is -0.501. The molecule has 24 heavy (non-hydrogen) atoms. The predicted molar refractivity (Wildman–Crippen MR) is 98.8 cm³/mol. The van der Waals surface area contributed by atoms with Gasteiger partial charge in [0.1, 0.15) is 5.75 Å². The van der Waals surface area contributed by atoms with Crippen LogP contribution in [0.3, 0.4) is 0 Å². The molecule has 0 aliphatic heterocycles. The van der Waals surface area contributed by atoms with Crippen LogP contribution in [-0.2, 0) is 11.3 Å². The van der Waals surface area contributed by atoms with Crippen molar-refractivity contribution in [1.82, 2.24) is 5.32 Å². The quantitative estimate of drug-likeness (QED) is 0.624. The molecule has 2 N–H and O–H groups in total. The van der Waals surface area contributed by atoms with Crippen LogP contribution in [0.4, 0.5) is 5.69 Å². The molecule has 0 atom stereocenters. The van der Waals surface area contributed by atoms with Crippen LogP contribution in [0, 0.1) is 0 Å². The zero-order valence-corrected chi connectivity index (χ0v) is 14.8. The molecule has 0 heterocycles. The van der Waals surface area contributed by atoms with Crippen molar-refractivity contribution in [2.45, 2.75) is 6.54 Å². The van der Waals surface area contributed by atoms with Gasteiger partial charge in [0.05, 0.1) is 24.8 Å². The number of benzene rings is 2. The summed E-state index contributed by atoms with van der Waals surface area (Å²) in [5.74, 6) is 0.285. The Bertz CT molecular complexity index is 752. The maximum atomic E-state index is 11.6. The Balaban J connectivity index is 1.98. The van der Waals surface area contributed by atoms with Crippen LogP contribution < -0.4 is 15.4 Å². The first-order valence-corrected chi connectivity index (χ1v) is 7.87. The van der Waals surface area contributed by atoms with E-state index in [9.17, 15) is 4.79 Å². The minimum absolute atomic E-state index is 0.278. The second-order valence-corrected chi connectivity index (χ2v) is 5.66. The fourth-order valence-electron chi connectivity index (χ4n) is 2.01. The number of nitrogens with one attached hydrogen (secondary N) is 2. The summed E-state index contributed by atoms with van der Waals surface area (Å²) in [4.78, 5) is 11.6. The maximum Gasteiger partial charge on any atom is 0.339 e. The summed E-state index contributed by atoms with van der Waals surface area (Å²) in [7, 11) is 2.93. The third kappa shape index (κ3) is 4.84. The fraction of sp³-hybridized carbons (Fsp3) is 0.176. The van der Waals surface area contributed by atoms with Crippen molar-refractivity contribution in [2.24, 2.45) is 0 Å². The van der Waals surface area contributed by atoms with Crippen LogP contribution >= 0.6 is 23.8 Å². The zero-order chi connectivity index (χ0) is 17.5. The molecule has 2 aromatic carbocycles. The molecule has 0 bridgehead atoms. The van der Waals surface area contributed by atoms with Crippen molar-refractivity contribution in [1.29, 1.82) is 0 Å². The standard InChI is InChI=1S/C17H17ClN2O3S/c1-22-13-5-3-4-11(8-13)10-19-17(24)20-12-6-7-15(18)14(9-12)16(21)23-2/h3-9H,10H2,1-2H3,(H2,19,20,24). The van der Waals surface area contributed by atoms with Gasteiger partial charge in [-0.1, -0.05) is 23.7 Å². The molecule has 5 nitrogen and oxygen atoms in total. The van der Waals surface area contributed by atoms with E-state index in [-0.39, 0.29) is 5.56 Å². The minimum Gasteiger partial charge on any atom is -0.497 e. The van der Waals surface area contributed by atoms with Crippen LogP contribution in [0.1, 0.15) is 15.9 Å². The molecule has 0 aromatic heterocycles. The number of hydrogen-bond donors (Lipinski definition) is 2. The highest BCUT2D eigenvalue weighted by Crippen LogP contribution is 2.21. The lowest BCUT2D eigenvalue weighted by Gasteiger charge is -2.12. The molecule has 2 rings (SSSR count). The second kappa shape index (κ2) is 8.52. The summed E-state index contributed by atoms with van der Waals surface area (Å²) < 4.78 is 9.87. The third-order valence-corrected chi connectivity index (χ3v) is 3.79. The van der Waals surface area contributed by atoms with Crippen LogP contribution in [0.25, 0.3) is 0 Å². The first kappa shape index (κ1) is 18.0. The van der Waals surface area contributed by atoms with Gasteiger partial charge in [0.15, 0.2) is 5.11 Å². The van der Waals surface area contributed by atoms with Crippen LogP contribution in [-0.4, -0.2) is 25.3 Å². The van der Waals surface area contributed by atoms with Gasteiger partial charge in [0, 0.05) is 12.2 Å². The molecular formula is C17H17ClN2O3S. The van der Waals surface area contributed by atoms with E-state index in [4.69, 9.17) is 33.3 Å². The molecule has 0 spiro atoms. The molecule has 126 valence electrons. The molecule has 0 aliphatic carbocycles. The lowest BCUT2D eigenvalue weighted by molar-refractivity contribution is 0.0601. The third-order valence-electron chi connectivity index (χ3n) is 3.22. The summed E-state index contributed by atoms with van der Waals surface area (Å²) in [6.07, 6.45) is 0. The molecule has 0 unspecified atom stereocenters. The number of carbonyl (C=O) groups is 1. The smallest absolute Gasteiger partial charge is 0.339 e. The van der Waals surface area contributed by atoms with Gasteiger partial charge in [-0.25, -0.2) is 4.79 Å². The number of anilines is 1. The molecule has 7 heteroatoms. The first-order chi connectivity index (χ1) is 11.5. The van der Waals surface area contributed by atoms with E-state index >= 15 is 0 Å². The molecule has 2 aromatic rings. The number of carbonyl (C=O) groups excluding carboxylic acids is 1. The van der Waals surface area contributed by atoms with Gasteiger partial charge in [-0.2, -0.15) is 0 Å². The Morgan fingerprint density at radius 2 is 2.00 bits per heavy atom. The van der Waals surface area contributed by atoms with Crippen molar-refractivity contribution in [3.63, 3.8) is 0 Å². The number of esters is 1. The zero-order valence-electron chi connectivity index (χ0n) is 13.3. The maximum absolute atomic E-state index is 11.6. The summed E-state index contributed by atoms with van der Waals surface area (Å²) in [5, 5.41) is 6.85. The average molecular weight is 365 g/mol. The van der Waals surface area contributed by atoms with E-state index in [0.29, 0.717) is 22.4 Å². The van der Waals surface area contributed by atoms with E-state index in [2.05, 4.69) is 10.6 Å². The number of rotatable bonds is 5. The van der Waals surface area contributed by atoms with Crippen molar-refractivity contribution in [2.75, 3.05) is 19.5 Å². The monoisotopic (exact) mass is 364 g/mol. The Hall–Kier alpha value is -2.31. The highest BCUT2D eigenvalue weighted by atomic mass is 35.5. The topological polar surface area (TPSA) is 59.6 Å². The Kier molecular flexibility index (Phi) is 6.40. The van der Waals surface area contributed by atoms with Gasteiger partial charge < -0.3 is 20.1 Å². The van der Waals surface area contributed by atoms with E-state index in [0.717, 1.165) is 11.3 Å². The molecule has 0 fully saturated rings. The van der Waals surface area contributed by atoms with Crippen LogP contribution in [0.2, 0.25) is 5.02 Å². The van der Waals surface area contributed by atoms with Crippen molar-refractivity contribution >= 4 is 40.6 Å². The highest BCUT2D eigenvalue weighted by molar-refractivity contribution is 7.80. The summed E-state index contributed by atoms with van der Waals surface area (Å²) in [6.45, 7) is 0.542. The van der Waals surface area contributed by atoms with E-state index < -0.39 is 5.97 Å². The normalized spacial score (nSPS) is 9.96. The van der Waals surface area contributed by atoms with Gasteiger partial charge >= 0.3 is 5.97 Å². The highest BCUT2D eigenvalue weighted by Gasteiger charge is 2.11. The van der Waals surface area contributed by atoms with Crippen molar-refractivity contribution in [3.05, 3.63) is 58.6 Å². The lowest BCUT2D eigenvalue weighted by atomic mass is 10.2. The molecular weight excluding hydrogens is 348 g/mol. The Morgan fingerprint density at radius 1 is 1.21 bits per heavy atom. The van der Waals surface area contributed by atoms with Gasteiger partial charge in [0.2, 0.25) is 0 Å². The Morgan fingerprint density at radius 3 is 2.71 bits per heavy atom. The van der Waals surface area contributed by atoms with Gasteiger partial charge in [-0.15, -0.1) is 0 Å². The predicted octanol–water partition coefficient (Wildman–Crippen LogP) is 3.62. The van der Waals surface area contributed by atoms with E-state index in [1.165, 1.54) is 7.11 Å². The average Bonchev–Trinajstić information content (AvgIpc) is 2.61. The molecule has 0 aliphatic rings. The van der Waals surface area contributed by atoms with Gasteiger partial charge in [-0.3, -0.25) is 0 Å². The second-order valence-electron chi connectivity index (χ2n) is 4.85. The van der Waals surface area contributed by atoms with Crippen LogP contribution in [0.5, 0.6) is 5.75 Å². The number of halogens is 1. The summed E-state index contributed by atoms with van der Waals surface area (Å²) in [6, 6.07) is 12.6. The lowest BCUT2D eigenvalue weighted by Crippen LogP contribution is -2.28. The van der Waals surface area contributed by atoms with Gasteiger partial charge in [-0.05, 0) is 48.1 Å². The largest absolute Gasteiger partial charge is 0.497 e. The molecule has 0 saturated carbocycles. The number of methoxy groups -OCH3 is 2. The number of thiocarbonyl (C=S) groups is 1. The Labute approximate surface area is 150 Å². The fourth-order valence-corrected chi connectivity index (χ4v) is 2.39. The summed E-state index contributed by atoms with van der Waals surface area (Å²) >= 11 is 11.3. The SMILES string of the molecule is COC(=O)c1cc(NC(=S)NCc2cccc(OC)c2)ccc1Cl. The number of hydrogen-bond acceptors (Lipinski definition) is 4. The molecule has 0 saturated heterocycles. The molecule has 0 amide bonds. The van der Waals surface area contributed by atoms with Crippen LogP contribution in [0.15, 0.2) is 42.5 Å². The van der Waals surface area contributed by atoms with E-state index in [1.807, 2.05) is 24.3 Å². The van der Waals surface area contributed by atoms with Crippen molar-refractivity contribution in [3.8, 4) is 5.75 Å². The van der Waals surface area contributed by atoms with Gasteiger partial charge in [0.25, 0.3) is 0 Å². The van der Waals surface area contributed by atoms with Crippen molar-refractivity contribution < 1.29 is 14.3 Å². The first-order valence-electron chi connectivity index (χ1n) is 7.09.